The lowest BCUT2D eigenvalue weighted by molar-refractivity contribution is -0.124. The molecule has 0 spiro atoms. The van der Waals surface area contributed by atoms with Crippen LogP contribution in [0.2, 0.25) is 10.0 Å². The first-order valence-electron chi connectivity index (χ1n) is 13.1. The van der Waals surface area contributed by atoms with Crippen molar-refractivity contribution in [2.45, 2.75) is 26.5 Å². The van der Waals surface area contributed by atoms with E-state index in [4.69, 9.17) is 27.9 Å². The molecule has 0 aliphatic rings. The number of benzene rings is 3. The molecule has 1 atom stereocenters. The van der Waals surface area contributed by atoms with Gasteiger partial charge in [0.05, 0.1) is 10.7 Å². The smallest absolute Gasteiger partial charge is 0.251 e. The van der Waals surface area contributed by atoms with Gasteiger partial charge in [0.2, 0.25) is 11.8 Å². The Kier molecular flexibility index (Phi) is 9.83. The van der Waals surface area contributed by atoms with Crippen molar-refractivity contribution in [1.82, 2.24) is 15.6 Å². The number of amides is 3. The largest absolute Gasteiger partial charge is 0.487 e. The van der Waals surface area contributed by atoms with Crippen LogP contribution < -0.4 is 20.3 Å². The number of hydrogen-bond acceptors (Lipinski definition) is 5. The number of para-hydroxylation sites is 1. The lowest BCUT2D eigenvalue weighted by Gasteiger charge is -2.24. The van der Waals surface area contributed by atoms with Crippen molar-refractivity contribution >= 4 is 63.6 Å². The van der Waals surface area contributed by atoms with Gasteiger partial charge in [-0.05, 0) is 61.9 Å². The zero-order valence-electron chi connectivity index (χ0n) is 23.6. The van der Waals surface area contributed by atoms with Gasteiger partial charge >= 0.3 is 0 Å². The first-order chi connectivity index (χ1) is 20.1. The SMILES string of the molecule is CNC(=O)c1ccc(C=CC(=O)NC(C)C(=O)N(C)c2ccc(Cl)c(COc3cccc4ccc(C)nc34)c2Cl)cc1. The molecular weight excluding hydrogens is 575 g/mol. The highest BCUT2D eigenvalue weighted by atomic mass is 35.5. The minimum absolute atomic E-state index is 0.0590. The Labute approximate surface area is 254 Å². The minimum atomic E-state index is -0.848. The summed E-state index contributed by atoms with van der Waals surface area (Å²) >= 11 is 13.2. The van der Waals surface area contributed by atoms with E-state index in [1.54, 1.807) is 63.5 Å². The average molecular weight is 606 g/mol. The molecule has 0 bridgehead atoms. The molecule has 1 heterocycles. The van der Waals surface area contributed by atoms with Crippen molar-refractivity contribution in [1.29, 1.82) is 0 Å². The van der Waals surface area contributed by atoms with E-state index >= 15 is 0 Å². The highest BCUT2D eigenvalue weighted by Crippen LogP contribution is 2.35. The Hall–Kier alpha value is -4.40. The normalized spacial score (nSPS) is 11.8. The number of hydrogen-bond donors (Lipinski definition) is 2. The molecule has 0 radical (unpaired) electrons. The molecule has 3 amide bonds. The third-order valence-electron chi connectivity index (χ3n) is 6.61. The number of anilines is 1. The lowest BCUT2D eigenvalue weighted by atomic mass is 10.1. The molecule has 4 aromatic rings. The Bertz CT molecular complexity index is 1670. The molecule has 0 saturated heterocycles. The number of carbonyl (C=O) groups excluding carboxylic acids is 3. The van der Waals surface area contributed by atoms with Crippen molar-refractivity contribution in [3.8, 4) is 5.75 Å². The Morgan fingerprint density at radius 2 is 1.76 bits per heavy atom. The average Bonchev–Trinajstić information content (AvgIpc) is 2.99. The molecule has 3 aromatic carbocycles. The van der Waals surface area contributed by atoms with Crippen LogP contribution in [0.1, 0.15) is 34.1 Å². The number of rotatable bonds is 9. The molecule has 1 unspecified atom stereocenters. The van der Waals surface area contributed by atoms with Gasteiger partial charge in [0.25, 0.3) is 5.91 Å². The minimum Gasteiger partial charge on any atom is -0.487 e. The van der Waals surface area contributed by atoms with Gasteiger partial charge in [0, 0.05) is 47.4 Å². The van der Waals surface area contributed by atoms with Crippen LogP contribution >= 0.6 is 23.2 Å². The summed E-state index contributed by atoms with van der Waals surface area (Å²) in [5.41, 5.74) is 3.77. The second kappa shape index (κ2) is 13.5. The number of aryl methyl sites for hydroxylation is 1. The topological polar surface area (TPSA) is 101 Å². The van der Waals surface area contributed by atoms with Crippen LogP contribution in [0.4, 0.5) is 5.69 Å². The van der Waals surface area contributed by atoms with E-state index in [1.165, 1.54) is 11.0 Å². The van der Waals surface area contributed by atoms with Gasteiger partial charge in [0.1, 0.15) is 23.9 Å². The van der Waals surface area contributed by atoms with E-state index in [0.29, 0.717) is 27.6 Å². The van der Waals surface area contributed by atoms with Crippen molar-refractivity contribution in [3.63, 3.8) is 0 Å². The zero-order chi connectivity index (χ0) is 30.4. The molecule has 10 heteroatoms. The number of halogens is 2. The molecule has 0 aliphatic carbocycles. The van der Waals surface area contributed by atoms with E-state index in [1.807, 2.05) is 37.3 Å². The first kappa shape index (κ1) is 30.6. The number of likely N-dealkylation sites (N-methyl/N-ethyl adjacent to an activating group) is 1. The number of pyridine rings is 1. The molecule has 4 rings (SSSR count). The summed E-state index contributed by atoms with van der Waals surface area (Å²) in [6.07, 6.45) is 2.92. The van der Waals surface area contributed by atoms with E-state index in [-0.39, 0.29) is 23.4 Å². The fourth-order valence-electron chi connectivity index (χ4n) is 4.25. The van der Waals surface area contributed by atoms with Crippen molar-refractivity contribution < 1.29 is 19.1 Å². The molecule has 8 nitrogen and oxygen atoms in total. The Morgan fingerprint density at radius 3 is 2.48 bits per heavy atom. The molecular formula is C32H30Cl2N4O4. The number of aromatic nitrogens is 1. The third-order valence-corrected chi connectivity index (χ3v) is 7.38. The second-order valence-corrected chi connectivity index (χ2v) is 10.4. The maximum Gasteiger partial charge on any atom is 0.251 e. The summed E-state index contributed by atoms with van der Waals surface area (Å²) in [6, 6.07) is 18.8. The van der Waals surface area contributed by atoms with Crippen LogP contribution in [0.25, 0.3) is 17.0 Å². The second-order valence-electron chi connectivity index (χ2n) is 9.59. The van der Waals surface area contributed by atoms with E-state index in [0.717, 1.165) is 22.2 Å². The Balaban J connectivity index is 1.43. The highest BCUT2D eigenvalue weighted by molar-refractivity contribution is 6.38. The lowest BCUT2D eigenvalue weighted by Crippen LogP contribution is -2.45. The van der Waals surface area contributed by atoms with Crippen LogP contribution in [0.5, 0.6) is 5.75 Å². The molecule has 0 aliphatic heterocycles. The van der Waals surface area contributed by atoms with Crippen molar-refractivity contribution in [2.75, 3.05) is 19.0 Å². The third kappa shape index (κ3) is 7.08. The van der Waals surface area contributed by atoms with Crippen LogP contribution in [-0.4, -0.2) is 42.8 Å². The molecule has 216 valence electrons. The summed E-state index contributed by atoms with van der Waals surface area (Å²) in [5.74, 6) is -0.436. The number of carbonyl (C=O) groups is 3. The number of nitrogens with one attached hydrogen (secondary N) is 2. The van der Waals surface area contributed by atoms with Gasteiger partial charge in [-0.3, -0.25) is 14.4 Å². The van der Waals surface area contributed by atoms with Crippen LogP contribution in [0.3, 0.4) is 0 Å². The molecule has 2 N–H and O–H groups in total. The van der Waals surface area contributed by atoms with Crippen LogP contribution in [-0.2, 0) is 16.2 Å². The molecule has 1 aromatic heterocycles. The van der Waals surface area contributed by atoms with Gasteiger partial charge in [-0.15, -0.1) is 0 Å². The predicted molar refractivity (Wildman–Crippen MR) is 167 cm³/mol. The molecule has 0 saturated carbocycles. The van der Waals surface area contributed by atoms with Gasteiger partial charge in [0.15, 0.2) is 0 Å². The van der Waals surface area contributed by atoms with Gasteiger partial charge < -0.3 is 20.3 Å². The maximum atomic E-state index is 13.2. The summed E-state index contributed by atoms with van der Waals surface area (Å²) in [7, 11) is 3.13. The quantitative estimate of drug-likeness (QED) is 0.229. The number of fused-ring (bicyclic) bond motifs is 1. The number of ether oxygens (including phenoxy) is 1. The van der Waals surface area contributed by atoms with Crippen molar-refractivity contribution in [3.05, 3.63) is 105 Å². The van der Waals surface area contributed by atoms with E-state index < -0.39 is 11.9 Å². The van der Waals surface area contributed by atoms with E-state index in [2.05, 4.69) is 15.6 Å². The van der Waals surface area contributed by atoms with E-state index in [9.17, 15) is 14.4 Å². The highest BCUT2D eigenvalue weighted by Gasteiger charge is 2.23. The van der Waals surface area contributed by atoms with Gasteiger partial charge in [-0.2, -0.15) is 0 Å². The zero-order valence-corrected chi connectivity index (χ0v) is 25.1. The molecule has 0 fully saturated rings. The number of nitrogens with zero attached hydrogens (tertiary/aromatic N) is 2. The van der Waals surface area contributed by atoms with Crippen LogP contribution in [0, 0.1) is 6.92 Å². The summed E-state index contributed by atoms with van der Waals surface area (Å²) in [6.45, 7) is 3.56. The predicted octanol–water partition coefficient (Wildman–Crippen LogP) is 5.97. The first-order valence-corrected chi connectivity index (χ1v) is 13.9. The Morgan fingerprint density at radius 1 is 1.02 bits per heavy atom. The fraction of sp³-hybridized carbons (Fsp3) is 0.188. The van der Waals surface area contributed by atoms with Crippen molar-refractivity contribution in [2.24, 2.45) is 0 Å². The summed E-state index contributed by atoms with van der Waals surface area (Å²) in [5, 5.41) is 6.83. The van der Waals surface area contributed by atoms with Crippen LogP contribution in [0.15, 0.2) is 72.8 Å². The summed E-state index contributed by atoms with van der Waals surface area (Å²) < 4.78 is 6.09. The summed E-state index contributed by atoms with van der Waals surface area (Å²) in [4.78, 5) is 43.4. The van der Waals surface area contributed by atoms with Gasteiger partial charge in [-0.1, -0.05) is 53.5 Å². The fourth-order valence-corrected chi connectivity index (χ4v) is 4.86. The monoisotopic (exact) mass is 604 g/mol. The maximum absolute atomic E-state index is 13.2. The molecule has 42 heavy (non-hydrogen) atoms. The van der Waals surface area contributed by atoms with Gasteiger partial charge in [-0.25, -0.2) is 4.98 Å². The standard InChI is InChI=1S/C32H30Cl2N4O4/c1-19-8-12-22-6-5-7-27(30(22)36-19)42-18-24-25(33)15-16-26(29(24)34)38(4)32(41)20(2)37-28(39)17-11-21-9-13-23(14-10-21)31(40)35-3/h5-17,20H,18H2,1-4H3,(H,35,40)(H,37,39).